The molecule has 0 saturated heterocycles. The van der Waals surface area contributed by atoms with Gasteiger partial charge in [0.15, 0.2) is 0 Å². The molecule has 0 aromatic carbocycles. The minimum absolute atomic E-state index is 0.668. The van der Waals surface area contributed by atoms with E-state index >= 15 is 0 Å². The van der Waals surface area contributed by atoms with Crippen molar-refractivity contribution in [3.63, 3.8) is 0 Å². The predicted molar refractivity (Wildman–Crippen MR) is 50.9 cm³/mol. The van der Waals surface area contributed by atoms with Crippen LogP contribution in [0.2, 0.25) is 0 Å². The van der Waals surface area contributed by atoms with Gasteiger partial charge in [0, 0.05) is 13.2 Å². The summed E-state index contributed by atoms with van der Waals surface area (Å²) in [5.41, 5.74) is 0. The molecule has 0 aromatic heterocycles. The Hall–Kier alpha value is -0.450. The van der Waals surface area contributed by atoms with E-state index in [-0.39, 0.29) is 0 Å². The second-order valence-electron chi connectivity index (χ2n) is 2.01. The molecule has 0 aliphatic heterocycles. The normalized spacial score (nSPS) is 9.08. The zero-order chi connectivity index (χ0) is 10.4. The van der Waals surface area contributed by atoms with Gasteiger partial charge in [-0.2, -0.15) is 0 Å². The standard InChI is InChI=1S/C8H18O3.CH2O/c1-3-9-5-7-11-8-6-10-4-2;1-2/h3-8H2,1-2H3;1H2. The first-order valence-corrected chi connectivity index (χ1v) is 4.43. The lowest BCUT2D eigenvalue weighted by atomic mass is 10.7. The third kappa shape index (κ3) is 18.5. The molecule has 0 aromatic rings. The van der Waals surface area contributed by atoms with E-state index in [4.69, 9.17) is 19.0 Å². The van der Waals surface area contributed by atoms with E-state index in [0.29, 0.717) is 26.4 Å². The molecule has 0 saturated carbocycles. The van der Waals surface area contributed by atoms with Crippen molar-refractivity contribution in [2.75, 3.05) is 39.6 Å². The zero-order valence-corrected chi connectivity index (χ0v) is 8.58. The molecule has 4 nitrogen and oxygen atoms in total. The summed E-state index contributed by atoms with van der Waals surface area (Å²) in [6.07, 6.45) is 0. The van der Waals surface area contributed by atoms with Crippen LogP contribution in [0.3, 0.4) is 0 Å². The molecule has 80 valence electrons. The van der Waals surface area contributed by atoms with Crippen LogP contribution < -0.4 is 0 Å². The second-order valence-corrected chi connectivity index (χ2v) is 2.01. The van der Waals surface area contributed by atoms with Crippen molar-refractivity contribution in [1.29, 1.82) is 0 Å². The Bertz CT molecular complexity index is 70.0. The Kier molecular flexibility index (Phi) is 20.3. The van der Waals surface area contributed by atoms with Gasteiger partial charge in [0.05, 0.1) is 26.4 Å². The molecule has 0 heterocycles. The molecule has 4 heteroatoms. The molecular formula is C9H20O4. The van der Waals surface area contributed by atoms with E-state index in [1.165, 1.54) is 0 Å². The Labute approximate surface area is 80.2 Å². The topological polar surface area (TPSA) is 44.8 Å². The van der Waals surface area contributed by atoms with Gasteiger partial charge in [-0.25, -0.2) is 0 Å². The van der Waals surface area contributed by atoms with Gasteiger partial charge in [-0.1, -0.05) is 0 Å². The summed E-state index contributed by atoms with van der Waals surface area (Å²) in [5.74, 6) is 0. The minimum Gasteiger partial charge on any atom is -0.379 e. The maximum absolute atomic E-state index is 8.00. The Morgan fingerprint density at radius 1 is 0.769 bits per heavy atom. The summed E-state index contributed by atoms with van der Waals surface area (Å²) in [5, 5.41) is 0. The van der Waals surface area contributed by atoms with Gasteiger partial charge in [-0.3, -0.25) is 0 Å². The fraction of sp³-hybridized carbons (Fsp3) is 0.889. The van der Waals surface area contributed by atoms with E-state index in [2.05, 4.69) is 0 Å². The molecule has 0 atom stereocenters. The fourth-order valence-corrected chi connectivity index (χ4v) is 0.626. The summed E-state index contributed by atoms with van der Waals surface area (Å²) in [7, 11) is 0. The molecule has 0 amide bonds. The van der Waals surface area contributed by atoms with Crippen molar-refractivity contribution in [3.05, 3.63) is 0 Å². The van der Waals surface area contributed by atoms with Crippen molar-refractivity contribution in [2.45, 2.75) is 13.8 Å². The van der Waals surface area contributed by atoms with Crippen LogP contribution in [0.1, 0.15) is 13.8 Å². The number of carbonyl (C=O) groups is 1. The van der Waals surface area contributed by atoms with Crippen molar-refractivity contribution in [3.8, 4) is 0 Å². The first kappa shape index (κ1) is 15.0. The van der Waals surface area contributed by atoms with Gasteiger partial charge in [0.1, 0.15) is 6.79 Å². The number of carbonyl (C=O) groups excluding carboxylic acids is 1. The largest absolute Gasteiger partial charge is 0.379 e. The van der Waals surface area contributed by atoms with Gasteiger partial charge in [0.2, 0.25) is 0 Å². The van der Waals surface area contributed by atoms with E-state index in [1.54, 1.807) is 0 Å². The van der Waals surface area contributed by atoms with Crippen LogP contribution in [0, 0.1) is 0 Å². The van der Waals surface area contributed by atoms with Gasteiger partial charge < -0.3 is 19.0 Å². The highest BCUT2D eigenvalue weighted by atomic mass is 16.5. The Morgan fingerprint density at radius 2 is 1.08 bits per heavy atom. The average molecular weight is 192 g/mol. The molecule has 0 aliphatic carbocycles. The summed E-state index contributed by atoms with van der Waals surface area (Å²) in [4.78, 5) is 8.00. The molecule has 0 N–H and O–H groups in total. The van der Waals surface area contributed by atoms with Gasteiger partial charge in [-0.15, -0.1) is 0 Å². The SMILES string of the molecule is C=O.CCOCCOCCOCC. The van der Waals surface area contributed by atoms with Crippen LogP contribution in [-0.2, 0) is 19.0 Å². The smallest absolute Gasteiger partial charge is 0.106 e. The van der Waals surface area contributed by atoms with Crippen molar-refractivity contribution >= 4 is 6.79 Å². The lowest BCUT2D eigenvalue weighted by molar-refractivity contribution is -0.0979. The lowest BCUT2D eigenvalue weighted by Crippen LogP contribution is -2.08. The molecule has 0 bridgehead atoms. The molecule has 0 fully saturated rings. The van der Waals surface area contributed by atoms with Gasteiger partial charge in [0.25, 0.3) is 0 Å². The van der Waals surface area contributed by atoms with Gasteiger partial charge in [-0.05, 0) is 13.8 Å². The molecule has 0 rings (SSSR count). The lowest BCUT2D eigenvalue weighted by Gasteiger charge is -2.03. The predicted octanol–water partition coefficient (Wildman–Crippen LogP) is 0.891. The van der Waals surface area contributed by atoms with Crippen LogP contribution in [-0.4, -0.2) is 46.4 Å². The Morgan fingerprint density at radius 3 is 1.38 bits per heavy atom. The quantitative estimate of drug-likeness (QED) is 0.536. The van der Waals surface area contributed by atoms with Crippen LogP contribution in [0.15, 0.2) is 0 Å². The summed E-state index contributed by atoms with van der Waals surface area (Å²) >= 11 is 0. The zero-order valence-electron chi connectivity index (χ0n) is 8.58. The summed E-state index contributed by atoms with van der Waals surface area (Å²) in [6, 6.07) is 0. The van der Waals surface area contributed by atoms with Crippen LogP contribution >= 0.6 is 0 Å². The molecule has 0 spiro atoms. The van der Waals surface area contributed by atoms with E-state index in [1.807, 2.05) is 20.6 Å². The number of hydrogen-bond acceptors (Lipinski definition) is 4. The van der Waals surface area contributed by atoms with Crippen LogP contribution in [0.4, 0.5) is 0 Å². The van der Waals surface area contributed by atoms with Crippen molar-refractivity contribution in [2.24, 2.45) is 0 Å². The highest BCUT2D eigenvalue weighted by Gasteiger charge is 1.87. The maximum Gasteiger partial charge on any atom is 0.106 e. The van der Waals surface area contributed by atoms with Crippen LogP contribution in [0.25, 0.3) is 0 Å². The number of ether oxygens (including phenoxy) is 3. The van der Waals surface area contributed by atoms with Gasteiger partial charge >= 0.3 is 0 Å². The van der Waals surface area contributed by atoms with Crippen molar-refractivity contribution in [1.82, 2.24) is 0 Å². The van der Waals surface area contributed by atoms with Crippen molar-refractivity contribution < 1.29 is 19.0 Å². The summed E-state index contributed by atoms with van der Waals surface area (Å²) in [6.45, 7) is 10.2. The van der Waals surface area contributed by atoms with E-state index < -0.39 is 0 Å². The Balaban J connectivity index is 0. The van der Waals surface area contributed by atoms with Crippen LogP contribution in [0.5, 0.6) is 0 Å². The second kappa shape index (κ2) is 17.6. The third-order valence-corrected chi connectivity index (χ3v) is 1.15. The highest BCUT2D eigenvalue weighted by molar-refractivity contribution is 5.10. The summed E-state index contributed by atoms with van der Waals surface area (Å²) < 4.78 is 15.3. The molecule has 13 heavy (non-hydrogen) atoms. The molecular weight excluding hydrogens is 172 g/mol. The number of rotatable bonds is 8. The fourth-order valence-electron chi connectivity index (χ4n) is 0.626. The maximum atomic E-state index is 8.00. The van der Waals surface area contributed by atoms with E-state index in [0.717, 1.165) is 13.2 Å². The molecule has 0 unspecified atom stereocenters. The highest BCUT2D eigenvalue weighted by Crippen LogP contribution is 1.79. The number of hydrogen-bond donors (Lipinski definition) is 0. The van der Waals surface area contributed by atoms with E-state index in [9.17, 15) is 0 Å². The molecule has 0 radical (unpaired) electrons. The minimum atomic E-state index is 0.668. The monoisotopic (exact) mass is 192 g/mol. The average Bonchev–Trinajstić information content (AvgIpc) is 2.20. The third-order valence-electron chi connectivity index (χ3n) is 1.15. The first-order valence-electron chi connectivity index (χ1n) is 4.43. The first-order chi connectivity index (χ1) is 6.41. The molecule has 0 aliphatic rings.